The van der Waals surface area contributed by atoms with Crippen LogP contribution in [0.3, 0.4) is 0 Å². The largest absolute Gasteiger partial charge is 0.383 e. The summed E-state index contributed by atoms with van der Waals surface area (Å²) in [5.74, 6) is 2.88. The highest BCUT2D eigenvalue weighted by Gasteiger charge is 2.27. The highest BCUT2D eigenvalue weighted by Crippen LogP contribution is 2.39. The van der Waals surface area contributed by atoms with Gasteiger partial charge in [0.05, 0.1) is 0 Å². The van der Waals surface area contributed by atoms with Gasteiger partial charge in [-0.1, -0.05) is 0 Å². The molecule has 3 rings (SSSR count). The average Bonchev–Trinajstić information content (AvgIpc) is 3.16. The van der Waals surface area contributed by atoms with E-state index in [2.05, 4.69) is 20.4 Å². The first-order valence-corrected chi connectivity index (χ1v) is 7.09. The molecule has 0 amide bonds. The van der Waals surface area contributed by atoms with E-state index in [1.807, 2.05) is 23.9 Å². The van der Waals surface area contributed by atoms with E-state index in [1.165, 1.54) is 12.8 Å². The van der Waals surface area contributed by atoms with Gasteiger partial charge in [0, 0.05) is 37.0 Å². The van der Waals surface area contributed by atoms with Gasteiger partial charge in [0.2, 0.25) is 0 Å². The van der Waals surface area contributed by atoms with Crippen LogP contribution in [0.4, 0.5) is 11.6 Å². The predicted molar refractivity (Wildman–Crippen MR) is 78.5 cm³/mol. The minimum absolute atomic E-state index is 0.516. The number of anilines is 2. The molecule has 0 saturated heterocycles. The van der Waals surface area contributed by atoms with Gasteiger partial charge in [-0.3, -0.25) is 4.68 Å². The molecule has 1 saturated carbocycles. The maximum atomic E-state index is 5.96. The second-order valence-corrected chi connectivity index (χ2v) is 5.26. The number of rotatable bonds is 6. The third-order valence-corrected chi connectivity index (χ3v) is 3.56. The van der Waals surface area contributed by atoms with Crippen LogP contribution in [0, 0.1) is 6.92 Å². The number of nitrogen functional groups attached to an aromatic ring is 1. The third-order valence-electron chi connectivity index (χ3n) is 3.56. The normalized spacial score (nSPS) is 14.4. The van der Waals surface area contributed by atoms with E-state index in [4.69, 9.17) is 5.73 Å². The van der Waals surface area contributed by atoms with Crippen LogP contribution in [0.5, 0.6) is 0 Å². The molecule has 0 unspecified atom stereocenters. The van der Waals surface area contributed by atoms with Crippen molar-refractivity contribution in [2.75, 3.05) is 17.6 Å². The molecule has 20 heavy (non-hydrogen) atoms. The van der Waals surface area contributed by atoms with Crippen molar-refractivity contribution in [2.45, 2.75) is 38.6 Å². The van der Waals surface area contributed by atoms with Crippen molar-refractivity contribution in [3.8, 4) is 0 Å². The molecular formula is C14H20N6. The summed E-state index contributed by atoms with van der Waals surface area (Å²) >= 11 is 0. The lowest BCUT2D eigenvalue weighted by molar-refractivity contribution is 0.591. The topological polar surface area (TPSA) is 81.6 Å². The third kappa shape index (κ3) is 2.89. The average molecular weight is 272 g/mol. The van der Waals surface area contributed by atoms with Crippen LogP contribution in [0.2, 0.25) is 0 Å². The van der Waals surface area contributed by atoms with E-state index >= 15 is 0 Å². The molecule has 3 N–H and O–H groups in total. The van der Waals surface area contributed by atoms with Crippen molar-refractivity contribution in [3.63, 3.8) is 0 Å². The zero-order valence-electron chi connectivity index (χ0n) is 11.7. The van der Waals surface area contributed by atoms with Crippen molar-refractivity contribution in [1.29, 1.82) is 0 Å². The highest BCUT2D eigenvalue weighted by atomic mass is 15.3. The Hall–Kier alpha value is -2.11. The maximum Gasteiger partial charge on any atom is 0.136 e. The van der Waals surface area contributed by atoms with Gasteiger partial charge < -0.3 is 11.1 Å². The molecule has 1 fully saturated rings. The summed E-state index contributed by atoms with van der Waals surface area (Å²) in [4.78, 5) is 8.98. The summed E-state index contributed by atoms with van der Waals surface area (Å²) < 4.78 is 1.93. The van der Waals surface area contributed by atoms with Crippen LogP contribution in [-0.2, 0) is 6.54 Å². The number of aromatic nitrogens is 4. The molecule has 2 heterocycles. The van der Waals surface area contributed by atoms with E-state index in [0.717, 1.165) is 36.7 Å². The Bertz CT molecular complexity index is 574. The van der Waals surface area contributed by atoms with Crippen LogP contribution in [0.1, 0.15) is 36.6 Å². The first-order valence-electron chi connectivity index (χ1n) is 7.09. The van der Waals surface area contributed by atoms with Crippen LogP contribution in [0.15, 0.2) is 18.5 Å². The van der Waals surface area contributed by atoms with Crippen molar-refractivity contribution >= 4 is 11.6 Å². The minimum Gasteiger partial charge on any atom is -0.383 e. The Labute approximate surface area is 118 Å². The molecule has 0 aliphatic heterocycles. The van der Waals surface area contributed by atoms with Gasteiger partial charge in [0.15, 0.2) is 0 Å². The van der Waals surface area contributed by atoms with E-state index in [0.29, 0.717) is 11.7 Å². The number of nitrogens with zero attached hydrogens (tertiary/aromatic N) is 4. The Morgan fingerprint density at radius 1 is 1.40 bits per heavy atom. The van der Waals surface area contributed by atoms with Crippen molar-refractivity contribution in [3.05, 3.63) is 29.8 Å². The lowest BCUT2D eigenvalue weighted by atomic mass is 10.2. The molecule has 2 aromatic heterocycles. The fourth-order valence-electron chi connectivity index (χ4n) is 2.13. The van der Waals surface area contributed by atoms with E-state index in [-0.39, 0.29) is 0 Å². The monoisotopic (exact) mass is 272 g/mol. The minimum atomic E-state index is 0.516. The number of hydrogen-bond donors (Lipinski definition) is 2. The SMILES string of the molecule is Cc1c(N)nc(C2CC2)nc1NCCCn1cccn1. The number of aryl methyl sites for hydroxylation is 1. The zero-order valence-corrected chi connectivity index (χ0v) is 11.7. The first-order chi connectivity index (χ1) is 9.74. The van der Waals surface area contributed by atoms with Crippen LogP contribution in [0.25, 0.3) is 0 Å². The summed E-state index contributed by atoms with van der Waals surface area (Å²) in [6.07, 6.45) is 7.12. The Morgan fingerprint density at radius 2 is 2.25 bits per heavy atom. The summed E-state index contributed by atoms with van der Waals surface area (Å²) in [6.45, 7) is 3.71. The molecule has 0 atom stereocenters. The number of nitrogens with one attached hydrogen (secondary N) is 1. The second kappa shape index (κ2) is 5.48. The van der Waals surface area contributed by atoms with Gasteiger partial charge in [-0.25, -0.2) is 9.97 Å². The summed E-state index contributed by atoms with van der Waals surface area (Å²) in [6, 6.07) is 1.94. The fourth-order valence-corrected chi connectivity index (χ4v) is 2.13. The van der Waals surface area contributed by atoms with Gasteiger partial charge in [0.1, 0.15) is 17.5 Å². The zero-order chi connectivity index (χ0) is 13.9. The predicted octanol–water partition coefficient (Wildman–Crippen LogP) is 1.94. The summed E-state index contributed by atoms with van der Waals surface area (Å²) in [7, 11) is 0. The molecule has 0 radical (unpaired) electrons. The molecule has 6 nitrogen and oxygen atoms in total. The second-order valence-electron chi connectivity index (χ2n) is 5.26. The van der Waals surface area contributed by atoms with E-state index in [9.17, 15) is 0 Å². The standard InChI is InChI=1S/C14H20N6/c1-10-12(15)18-14(11-4-5-11)19-13(10)16-6-2-8-20-9-3-7-17-20/h3,7,9,11H,2,4-6,8H2,1H3,(H3,15,16,18,19). The number of hydrogen-bond acceptors (Lipinski definition) is 5. The van der Waals surface area contributed by atoms with Crippen LogP contribution < -0.4 is 11.1 Å². The van der Waals surface area contributed by atoms with Gasteiger partial charge >= 0.3 is 0 Å². The molecule has 0 aromatic carbocycles. The van der Waals surface area contributed by atoms with E-state index in [1.54, 1.807) is 6.20 Å². The Balaban J connectivity index is 1.58. The maximum absolute atomic E-state index is 5.96. The quantitative estimate of drug-likeness (QED) is 0.785. The van der Waals surface area contributed by atoms with Crippen LogP contribution in [-0.4, -0.2) is 26.3 Å². The summed E-state index contributed by atoms with van der Waals surface area (Å²) in [5.41, 5.74) is 6.90. The Morgan fingerprint density at radius 3 is 2.95 bits per heavy atom. The van der Waals surface area contributed by atoms with Crippen molar-refractivity contribution in [1.82, 2.24) is 19.7 Å². The van der Waals surface area contributed by atoms with Crippen molar-refractivity contribution in [2.24, 2.45) is 0 Å². The molecule has 1 aliphatic rings. The van der Waals surface area contributed by atoms with Gasteiger partial charge in [-0.05, 0) is 32.3 Å². The lowest BCUT2D eigenvalue weighted by Crippen LogP contribution is -2.12. The summed E-state index contributed by atoms with van der Waals surface area (Å²) in [5, 5.41) is 7.55. The molecule has 6 heteroatoms. The van der Waals surface area contributed by atoms with E-state index < -0.39 is 0 Å². The molecule has 106 valence electrons. The molecule has 2 aromatic rings. The molecular weight excluding hydrogens is 252 g/mol. The molecule has 0 bridgehead atoms. The first kappa shape index (κ1) is 12.9. The van der Waals surface area contributed by atoms with Gasteiger partial charge in [0.25, 0.3) is 0 Å². The Kier molecular flexibility index (Phi) is 3.54. The van der Waals surface area contributed by atoms with Crippen LogP contribution >= 0.6 is 0 Å². The molecule has 1 aliphatic carbocycles. The fraction of sp³-hybridized carbons (Fsp3) is 0.500. The lowest BCUT2D eigenvalue weighted by Gasteiger charge is -2.11. The van der Waals surface area contributed by atoms with Gasteiger partial charge in [-0.15, -0.1) is 0 Å². The van der Waals surface area contributed by atoms with Gasteiger partial charge in [-0.2, -0.15) is 5.10 Å². The number of nitrogens with two attached hydrogens (primary N) is 1. The van der Waals surface area contributed by atoms with Crippen molar-refractivity contribution < 1.29 is 0 Å². The highest BCUT2D eigenvalue weighted by molar-refractivity contribution is 5.55. The molecule has 0 spiro atoms. The smallest absolute Gasteiger partial charge is 0.136 e.